The summed E-state index contributed by atoms with van der Waals surface area (Å²) in [6, 6.07) is 0. The average Bonchev–Trinajstić information content (AvgIpc) is 2.11. The van der Waals surface area contributed by atoms with Gasteiger partial charge in [0, 0.05) is 12.8 Å². The Morgan fingerprint density at radius 1 is 1.20 bits per heavy atom. The lowest BCUT2D eigenvalue weighted by Gasteiger charge is -1.97. The second kappa shape index (κ2) is 8.46. The van der Waals surface area contributed by atoms with Crippen molar-refractivity contribution >= 4 is 6.21 Å². The topological polar surface area (TPSA) is 12.4 Å². The summed E-state index contributed by atoms with van der Waals surface area (Å²) >= 11 is 0. The van der Waals surface area contributed by atoms with Crippen molar-refractivity contribution in [1.29, 1.82) is 0 Å². The van der Waals surface area contributed by atoms with Crippen molar-refractivity contribution < 1.29 is 0 Å². The molecule has 0 rings (SSSR count). The Hall–Kier alpha value is -0.850. The van der Waals surface area contributed by atoms with E-state index in [1.165, 1.54) is 11.1 Å². The van der Waals surface area contributed by atoms with Gasteiger partial charge in [0.2, 0.25) is 0 Å². The summed E-state index contributed by atoms with van der Waals surface area (Å²) in [6.45, 7) is 11.7. The lowest BCUT2D eigenvalue weighted by atomic mass is 10.1. The number of aliphatic imine (C=N–C) groups is 1. The van der Waals surface area contributed by atoms with E-state index in [4.69, 9.17) is 0 Å². The molecule has 0 aromatic heterocycles. The first-order chi connectivity index (χ1) is 7.02. The van der Waals surface area contributed by atoms with Gasteiger partial charge in [0.05, 0.1) is 0 Å². The molecule has 1 nitrogen and oxygen atoms in total. The third-order valence-electron chi connectivity index (χ3n) is 2.03. The molecular formula is C14H25N. The number of rotatable bonds is 6. The molecule has 0 atom stereocenters. The molecule has 0 aromatic rings. The quantitative estimate of drug-likeness (QED) is 0.452. The molecule has 0 aromatic carbocycles. The van der Waals surface area contributed by atoms with Gasteiger partial charge in [-0.2, -0.15) is 0 Å². The van der Waals surface area contributed by atoms with Crippen molar-refractivity contribution in [2.45, 2.75) is 47.5 Å². The van der Waals surface area contributed by atoms with Crippen LogP contribution in [0.25, 0.3) is 0 Å². The van der Waals surface area contributed by atoms with Crippen LogP contribution in [0.1, 0.15) is 47.5 Å². The van der Waals surface area contributed by atoms with Gasteiger partial charge in [0.15, 0.2) is 0 Å². The summed E-state index contributed by atoms with van der Waals surface area (Å²) in [7, 11) is 0. The zero-order valence-corrected chi connectivity index (χ0v) is 10.9. The fourth-order valence-corrected chi connectivity index (χ4v) is 1.12. The summed E-state index contributed by atoms with van der Waals surface area (Å²) in [5.74, 6) is 0.653. The van der Waals surface area contributed by atoms with Crippen LogP contribution in [0.5, 0.6) is 0 Å². The van der Waals surface area contributed by atoms with E-state index in [2.05, 4.69) is 51.8 Å². The predicted molar refractivity (Wildman–Crippen MR) is 70.6 cm³/mol. The highest BCUT2D eigenvalue weighted by molar-refractivity contribution is 5.71. The highest BCUT2D eigenvalue weighted by Crippen LogP contribution is 2.05. The zero-order valence-electron chi connectivity index (χ0n) is 10.9. The summed E-state index contributed by atoms with van der Waals surface area (Å²) in [5.41, 5.74) is 2.80. The van der Waals surface area contributed by atoms with Crippen molar-refractivity contribution in [2.24, 2.45) is 10.9 Å². The van der Waals surface area contributed by atoms with Gasteiger partial charge in [0.25, 0.3) is 0 Å². The van der Waals surface area contributed by atoms with Crippen molar-refractivity contribution in [3.05, 3.63) is 23.3 Å². The molecule has 0 radical (unpaired) electrons. The minimum atomic E-state index is 0.653. The smallest absolute Gasteiger partial charge is 0.0412 e. The van der Waals surface area contributed by atoms with Crippen molar-refractivity contribution in [3.63, 3.8) is 0 Å². The van der Waals surface area contributed by atoms with E-state index in [1.54, 1.807) is 0 Å². The molecule has 1 heteroatoms. The molecule has 15 heavy (non-hydrogen) atoms. The third kappa shape index (κ3) is 11.1. The molecule has 0 saturated heterocycles. The monoisotopic (exact) mass is 207 g/mol. The molecule has 0 heterocycles. The van der Waals surface area contributed by atoms with E-state index in [0.29, 0.717) is 5.92 Å². The van der Waals surface area contributed by atoms with Crippen LogP contribution < -0.4 is 0 Å². The van der Waals surface area contributed by atoms with Gasteiger partial charge in [-0.25, -0.2) is 0 Å². The van der Waals surface area contributed by atoms with Gasteiger partial charge < -0.3 is 0 Å². The molecule has 0 bridgehead atoms. The van der Waals surface area contributed by atoms with Crippen LogP contribution in [-0.2, 0) is 0 Å². The van der Waals surface area contributed by atoms with Crippen LogP contribution in [0.4, 0.5) is 0 Å². The number of hydrogen-bond donors (Lipinski definition) is 0. The second-order valence-electron chi connectivity index (χ2n) is 4.74. The van der Waals surface area contributed by atoms with E-state index in [-0.39, 0.29) is 0 Å². The highest BCUT2D eigenvalue weighted by atomic mass is 14.7. The molecule has 0 aliphatic rings. The van der Waals surface area contributed by atoms with Crippen LogP contribution in [-0.4, -0.2) is 12.8 Å². The van der Waals surface area contributed by atoms with E-state index in [9.17, 15) is 0 Å². The predicted octanol–water partition coefficient (Wildman–Crippen LogP) is 4.41. The lowest BCUT2D eigenvalue weighted by molar-refractivity contribution is 0.667. The van der Waals surface area contributed by atoms with E-state index >= 15 is 0 Å². The first kappa shape index (κ1) is 14.2. The zero-order chi connectivity index (χ0) is 11.7. The van der Waals surface area contributed by atoms with Gasteiger partial charge in [-0.15, -0.1) is 0 Å². The van der Waals surface area contributed by atoms with Crippen LogP contribution in [0.2, 0.25) is 0 Å². The molecule has 0 N–H and O–H groups in total. The fraction of sp³-hybridized carbons (Fsp3) is 0.643. The average molecular weight is 207 g/mol. The molecule has 86 valence electrons. The molecule has 0 aliphatic carbocycles. The Balaban J connectivity index is 3.79. The Kier molecular flexibility index (Phi) is 7.98. The molecule has 0 amide bonds. The van der Waals surface area contributed by atoms with Gasteiger partial charge in [-0.05, 0) is 45.6 Å². The molecule has 0 saturated carbocycles. The maximum absolute atomic E-state index is 4.34. The second-order valence-corrected chi connectivity index (χ2v) is 4.74. The van der Waals surface area contributed by atoms with Gasteiger partial charge in [-0.3, -0.25) is 4.99 Å². The third-order valence-corrected chi connectivity index (χ3v) is 2.03. The maximum atomic E-state index is 4.34. The summed E-state index contributed by atoms with van der Waals surface area (Å²) < 4.78 is 0. The standard InChI is InChI=1S/C14H25N/c1-12(2)7-6-8-14(5)9-10-15-11-13(3)4/h7,9-10,13H,6,8,11H2,1-5H3/b14-9-,15-10?. The van der Waals surface area contributed by atoms with Crippen LogP contribution in [0.15, 0.2) is 28.3 Å². The molecule has 0 spiro atoms. The van der Waals surface area contributed by atoms with Crippen molar-refractivity contribution in [3.8, 4) is 0 Å². The largest absolute Gasteiger partial charge is 0.293 e. The maximum Gasteiger partial charge on any atom is 0.0412 e. The summed E-state index contributed by atoms with van der Waals surface area (Å²) in [4.78, 5) is 4.34. The Morgan fingerprint density at radius 3 is 2.40 bits per heavy atom. The van der Waals surface area contributed by atoms with E-state index in [0.717, 1.165) is 19.4 Å². The van der Waals surface area contributed by atoms with Crippen molar-refractivity contribution in [1.82, 2.24) is 0 Å². The molecular weight excluding hydrogens is 182 g/mol. The summed E-state index contributed by atoms with van der Waals surface area (Å²) in [6.07, 6.45) is 8.63. The Labute approximate surface area is 95.0 Å². The van der Waals surface area contributed by atoms with Crippen LogP contribution >= 0.6 is 0 Å². The van der Waals surface area contributed by atoms with Crippen LogP contribution in [0, 0.1) is 5.92 Å². The lowest BCUT2D eigenvalue weighted by Crippen LogP contribution is -1.91. The van der Waals surface area contributed by atoms with Gasteiger partial charge >= 0.3 is 0 Å². The van der Waals surface area contributed by atoms with Gasteiger partial charge in [0.1, 0.15) is 0 Å². The first-order valence-electron chi connectivity index (χ1n) is 5.81. The number of allylic oxidation sites excluding steroid dienone is 4. The van der Waals surface area contributed by atoms with Crippen molar-refractivity contribution in [2.75, 3.05) is 6.54 Å². The van der Waals surface area contributed by atoms with E-state index < -0.39 is 0 Å². The fourth-order valence-electron chi connectivity index (χ4n) is 1.12. The Morgan fingerprint density at radius 2 is 1.87 bits per heavy atom. The van der Waals surface area contributed by atoms with E-state index in [1.807, 2.05) is 6.21 Å². The molecule has 0 fully saturated rings. The molecule has 0 aliphatic heterocycles. The minimum Gasteiger partial charge on any atom is -0.293 e. The normalized spacial score (nSPS) is 12.5. The van der Waals surface area contributed by atoms with Gasteiger partial charge in [-0.1, -0.05) is 31.1 Å². The van der Waals surface area contributed by atoms with Crippen LogP contribution in [0.3, 0.4) is 0 Å². The summed E-state index contributed by atoms with van der Waals surface area (Å²) in [5, 5.41) is 0. The first-order valence-corrected chi connectivity index (χ1v) is 5.81. The highest BCUT2D eigenvalue weighted by Gasteiger charge is 1.88. The number of nitrogens with zero attached hydrogens (tertiary/aromatic N) is 1. The number of hydrogen-bond acceptors (Lipinski definition) is 1. The SMILES string of the molecule is CC(C)=CCC/C(C)=C\C=NCC(C)C. The Bertz CT molecular complexity index is 240. The minimum absolute atomic E-state index is 0.653. The molecule has 0 unspecified atom stereocenters.